The van der Waals surface area contributed by atoms with Gasteiger partial charge in [-0.05, 0) is 131 Å². The van der Waals surface area contributed by atoms with E-state index in [0.717, 1.165) is 32.4 Å². The van der Waals surface area contributed by atoms with E-state index in [1.54, 1.807) is 13.8 Å². The molecular weight excluding hydrogens is 649 g/mol. The van der Waals surface area contributed by atoms with Crippen LogP contribution in [0.1, 0.15) is 126 Å². The van der Waals surface area contributed by atoms with Gasteiger partial charge in [0.1, 0.15) is 6.10 Å². The molecule has 6 fully saturated rings. The summed E-state index contributed by atoms with van der Waals surface area (Å²) in [4.78, 5) is 27.1. The molecule has 1 heterocycles. The lowest BCUT2D eigenvalue weighted by molar-refractivity contribution is -0.246. The molecule has 1 unspecified atom stereocenters. The summed E-state index contributed by atoms with van der Waals surface area (Å²) < 4.78 is 30.2. The first-order chi connectivity index (χ1) is 23.1. The third kappa shape index (κ3) is 6.13. The van der Waals surface area contributed by atoms with E-state index in [4.69, 9.17) is 4.74 Å². The SMILES string of the molecule is C=C(C)[C@@H]1CCC2(NCCN3CCS(=O)(=O)CC3)CC[C@]3(C)[C@H](CC[C@@H]4[C@@]5(C)CC[C@H](OC(=O)CC(C)(C)C(=O)O)C(C)(C)[C@@H]5CC[C@]43C)[C@@H]12. The lowest BCUT2D eigenvalue weighted by Crippen LogP contribution is -2.69. The average Bonchev–Trinajstić information content (AvgIpc) is 3.39. The van der Waals surface area contributed by atoms with Crippen LogP contribution >= 0.6 is 0 Å². The Morgan fingerprint density at radius 1 is 0.900 bits per heavy atom. The van der Waals surface area contributed by atoms with E-state index in [9.17, 15) is 23.1 Å². The number of allylic oxidation sites excluding steroid dienone is 1. The zero-order valence-corrected chi connectivity index (χ0v) is 33.4. The average molecular weight is 717 g/mol. The van der Waals surface area contributed by atoms with Crippen molar-refractivity contribution in [2.75, 3.05) is 37.7 Å². The number of nitrogens with one attached hydrogen (secondary N) is 1. The van der Waals surface area contributed by atoms with Crippen LogP contribution in [0.4, 0.5) is 0 Å². The highest BCUT2D eigenvalue weighted by atomic mass is 32.2. The van der Waals surface area contributed by atoms with Crippen LogP contribution in [0.5, 0.6) is 0 Å². The Morgan fingerprint density at radius 3 is 2.22 bits per heavy atom. The second-order valence-electron chi connectivity index (χ2n) is 20.0. The second kappa shape index (κ2) is 12.8. The number of hydrogen-bond donors (Lipinski definition) is 2. The van der Waals surface area contributed by atoms with Gasteiger partial charge in [-0.1, -0.05) is 46.8 Å². The number of hydrogen-bond acceptors (Lipinski definition) is 7. The molecule has 0 radical (unpaired) electrons. The lowest BCUT2D eigenvalue weighted by atomic mass is 9.32. The summed E-state index contributed by atoms with van der Waals surface area (Å²) in [5, 5.41) is 13.8. The molecule has 6 aliphatic rings. The smallest absolute Gasteiger partial charge is 0.309 e. The quantitative estimate of drug-likeness (QED) is 0.192. The first-order valence-electron chi connectivity index (χ1n) is 19.9. The summed E-state index contributed by atoms with van der Waals surface area (Å²) in [6.45, 7) is 25.7. The molecule has 0 aromatic carbocycles. The fraction of sp³-hybridized carbons (Fsp3) is 0.902. The molecule has 50 heavy (non-hydrogen) atoms. The minimum atomic E-state index is -2.87. The van der Waals surface area contributed by atoms with Gasteiger partial charge in [0.15, 0.2) is 9.84 Å². The van der Waals surface area contributed by atoms with Crippen molar-refractivity contribution in [2.24, 2.45) is 56.7 Å². The van der Waals surface area contributed by atoms with Gasteiger partial charge in [0.25, 0.3) is 0 Å². The molecular formula is C41H68N2O6S. The van der Waals surface area contributed by atoms with Crippen LogP contribution in [0.2, 0.25) is 0 Å². The number of nitrogens with zero attached hydrogens (tertiary/aromatic N) is 1. The fourth-order valence-corrected chi connectivity index (χ4v) is 15.0. The van der Waals surface area contributed by atoms with Gasteiger partial charge in [-0.2, -0.15) is 0 Å². The highest BCUT2D eigenvalue weighted by molar-refractivity contribution is 7.91. The molecule has 9 heteroatoms. The first-order valence-corrected chi connectivity index (χ1v) is 21.7. The first kappa shape index (κ1) is 38.3. The monoisotopic (exact) mass is 716 g/mol. The molecule has 5 aliphatic carbocycles. The van der Waals surface area contributed by atoms with Crippen molar-refractivity contribution in [3.05, 3.63) is 12.2 Å². The highest BCUT2D eigenvalue weighted by Gasteiger charge is 2.71. The zero-order valence-electron chi connectivity index (χ0n) is 32.5. The van der Waals surface area contributed by atoms with Crippen LogP contribution in [-0.4, -0.2) is 79.7 Å². The molecule has 0 amide bonds. The number of carboxylic acid groups (broad SMARTS) is 1. The maximum absolute atomic E-state index is 13.1. The molecule has 2 N–H and O–H groups in total. The minimum Gasteiger partial charge on any atom is -0.481 e. The van der Waals surface area contributed by atoms with E-state index in [1.807, 2.05) is 0 Å². The molecule has 0 spiro atoms. The Morgan fingerprint density at radius 2 is 1.58 bits per heavy atom. The third-order valence-electron chi connectivity index (χ3n) is 16.8. The fourth-order valence-electron chi connectivity index (χ4n) is 13.7. The van der Waals surface area contributed by atoms with Crippen LogP contribution in [-0.2, 0) is 24.2 Å². The van der Waals surface area contributed by atoms with Crippen molar-refractivity contribution >= 4 is 21.8 Å². The Bertz CT molecular complexity index is 1460. The Balaban J connectivity index is 1.20. The van der Waals surface area contributed by atoms with Crippen molar-refractivity contribution in [3.63, 3.8) is 0 Å². The molecule has 0 bridgehead atoms. The van der Waals surface area contributed by atoms with Crippen molar-refractivity contribution in [1.82, 2.24) is 10.2 Å². The van der Waals surface area contributed by atoms with Crippen molar-refractivity contribution in [2.45, 2.75) is 138 Å². The van der Waals surface area contributed by atoms with Crippen LogP contribution in [0.25, 0.3) is 0 Å². The van der Waals surface area contributed by atoms with Crippen molar-refractivity contribution in [1.29, 1.82) is 0 Å². The molecule has 8 nitrogen and oxygen atoms in total. The lowest BCUT2D eigenvalue weighted by Gasteiger charge is -2.73. The van der Waals surface area contributed by atoms with Crippen LogP contribution < -0.4 is 5.32 Å². The number of rotatable bonds is 9. The Kier molecular flexibility index (Phi) is 9.84. The molecule has 0 aromatic heterocycles. The number of carbonyl (C=O) groups is 2. The number of carbonyl (C=O) groups excluding carboxylic acids is 1. The van der Waals surface area contributed by atoms with E-state index in [0.29, 0.717) is 42.7 Å². The van der Waals surface area contributed by atoms with Gasteiger partial charge < -0.3 is 20.1 Å². The summed E-state index contributed by atoms with van der Waals surface area (Å²) >= 11 is 0. The Hall–Kier alpha value is -1.45. The highest BCUT2D eigenvalue weighted by Crippen LogP contribution is 2.76. The van der Waals surface area contributed by atoms with Crippen LogP contribution in [0.3, 0.4) is 0 Å². The normalized spacial score (nSPS) is 43.8. The van der Waals surface area contributed by atoms with E-state index in [-0.39, 0.29) is 57.2 Å². The largest absolute Gasteiger partial charge is 0.481 e. The van der Waals surface area contributed by atoms with Gasteiger partial charge in [-0.25, -0.2) is 8.42 Å². The molecule has 1 aliphatic heterocycles. The molecule has 284 valence electrons. The van der Waals surface area contributed by atoms with Gasteiger partial charge in [0.2, 0.25) is 0 Å². The van der Waals surface area contributed by atoms with Gasteiger partial charge in [-0.3, -0.25) is 9.59 Å². The van der Waals surface area contributed by atoms with Gasteiger partial charge in [0, 0.05) is 37.1 Å². The van der Waals surface area contributed by atoms with Crippen LogP contribution in [0, 0.1) is 56.7 Å². The predicted octanol–water partition coefficient (Wildman–Crippen LogP) is 7.13. The molecule has 10 atom stereocenters. The summed E-state index contributed by atoms with van der Waals surface area (Å²) in [5.74, 6) is 2.00. The van der Waals surface area contributed by atoms with Gasteiger partial charge in [0.05, 0.1) is 23.3 Å². The molecule has 1 saturated heterocycles. The maximum atomic E-state index is 13.1. The van der Waals surface area contributed by atoms with Crippen molar-refractivity contribution < 1.29 is 27.9 Å². The third-order valence-corrected chi connectivity index (χ3v) is 18.4. The number of aliphatic carboxylic acids is 1. The number of fused-ring (bicyclic) bond motifs is 7. The van der Waals surface area contributed by atoms with E-state index in [1.165, 1.54) is 50.5 Å². The zero-order chi connectivity index (χ0) is 36.7. The van der Waals surface area contributed by atoms with Crippen molar-refractivity contribution in [3.8, 4) is 0 Å². The van der Waals surface area contributed by atoms with Gasteiger partial charge in [-0.15, -0.1) is 0 Å². The molecule has 0 aromatic rings. The number of esters is 1. The Labute approximate surface area is 303 Å². The summed E-state index contributed by atoms with van der Waals surface area (Å²) in [5.41, 5.74) is 0.753. The van der Waals surface area contributed by atoms with E-state index >= 15 is 0 Å². The summed E-state index contributed by atoms with van der Waals surface area (Å²) in [7, 11) is -2.87. The predicted molar refractivity (Wildman–Crippen MR) is 198 cm³/mol. The summed E-state index contributed by atoms with van der Waals surface area (Å²) in [6, 6.07) is 0. The van der Waals surface area contributed by atoms with E-state index < -0.39 is 21.2 Å². The van der Waals surface area contributed by atoms with E-state index in [2.05, 4.69) is 58.3 Å². The number of sulfone groups is 1. The van der Waals surface area contributed by atoms with Crippen LogP contribution in [0.15, 0.2) is 12.2 Å². The standard InChI is InChI=1S/C41H68N2O6S/c1-27(2)28-12-17-41(42-20-21-43-22-24-50(47,48)25-23-43)19-18-39(8)29(34(28)41)10-11-31-38(7)15-14-32(49-33(44)26-36(3,4)35(45)46)37(5,6)30(38)13-16-40(31,39)9/h28-32,34,42H,1,10-26H2,2-9H3,(H,45,46)/t28-,29+,30-,31+,32-,34+,38-,39+,40+,41?/m0/s1. The number of carboxylic acids is 1. The second-order valence-corrected chi connectivity index (χ2v) is 22.3. The summed E-state index contributed by atoms with van der Waals surface area (Å²) in [6.07, 6.45) is 11.3. The maximum Gasteiger partial charge on any atom is 0.309 e. The molecule has 5 saturated carbocycles. The number of ether oxygens (including phenoxy) is 1. The minimum absolute atomic E-state index is 0.109. The topological polar surface area (TPSA) is 113 Å². The molecule has 6 rings (SSSR count). The van der Waals surface area contributed by atoms with Gasteiger partial charge >= 0.3 is 11.9 Å².